The number of hydrogen-bond acceptors (Lipinski definition) is 1. The van der Waals surface area contributed by atoms with Crippen LogP contribution in [0.15, 0.2) is 42.5 Å². The second-order valence-corrected chi connectivity index (χ2v) is 7.82. The average molecular weight is 403 g/mol. The SMILES string of the molecule is CC(C)(C)c1ccc(C=C2C(=O)Nc3ccc(I)cc32)cc1. The number of hydrogen-bond donors (Lipinski definition) is 1. The Morgan fingerprint density at radius 1 is 1.05 bits per heavy atom. The van der Waals surface area contributed by atoms with Crippen molar-refractivity contribution >= 4 is 45.8 Å². The largest absolute Gasteiger partial charge is 0.321 e. The standard InChI is InChI=1S/C19H18INO/c1-19(2,3)13-6-4-12(5-7-13)10-16-15-11-14(20)8-9-17(15)21-18(16)22/h4-11H,1-3H3,(H,21,22). The van der Waals surface area contributed by atoms with Crippen molar-refractivity contribution in [2.75, 3.05) is 5.32 Å². The molecule has 1 aliphatic rings. The van der Waals surface area contributed by atoms with E-state index in [4.69, 9.17) is 0 Å². The molecule has 2 aromatic rings. The van der Waals surface area contributed by atoms with Crippen molar-refractivity contribution in [1.29, 1.82) is 0 Å². The normalized spacial score (nSPS) is 15.8. The summed E-state index contributed by atoms with van der Waals surface area (Å²) in [5, 5.41) is 2.92. The number of rotatable bonds is 1. The van der Waals surface area contributed by atoms with Crippen LogP contribution in [0.2, 0.25) is 0 Å². The van der Waals surface area contributed by atoms with Crippen molar-refractivity contribution in [1.82, 2.24) is 0 Å². The molecule has 3 heteroatoms. The van der Waals surface area contributed by atoms with E-state index in [1.54, 1.807) is 0 Å². The molecule has 2 nitrogen and oxygen atoms in total. The van der Waals surface area contributed by atoms with E-state index in [2.05, 4.69) is 72.9 Å². The van der Waals surface area contributed by atoms with Gasteiger partial charge in [-0.15, -0.1) is 0 Å². The molecule has 0 spiro atoms. The Bertz CT molecular complexity index is 767. The fraction of sp³-hybridized carbons (Fsp3) is 0.211. The van der Waals surface area contributed by atoms with E-state index in [1.165, 1.54) is 5.56 Å². The lowest BCUT2D eigenvalue weighted by atomic mass is 9.86. The maximum Gasteiger partial charge on any atom is 0.256 e. The lowest BCUT2D eigenvalue weighted by Gasteiger charge is -2.18. The molecule has 1 aliphatic heterocycles. The summed E-state index contributed by atoms with van der Waals surface area (Å²) in [6.45, 7) is 6.59. The number of benzene rings is 2. The highest BCUT2D eigenvalue weighted by Gasteiger charge is 2.24. The summed E-state index contributed by atoms with van der Waals surface area (Å²) >= 11 is 2.27. The zero-order valence-electron chi connectivity index (χ0n) is 12.9. The van der Waals surface area contributed by atoms with E-state index in [0.717, 1.165) is 26.0 Å². The van der Waals surface area contributed by atoms with Gasteiger partial charge in [-0.2, -0.15) is 0 Å². The maximum absolute atomic E-state index is 12.2. The Hall–Kier alpha value is -1.62. The predicted molar refractivity (Wildman–Crippen MR) is 101 cm³/mol. The molecule has 22 heavy (non-hydrogen) atoms. The van der Waals surface area contributed by atoms with Crippen molar-refractivity contribution in [3.05, 3.63) is 62.7 Å². The van der Waals surface area contributed by atoms with Crippen molar-refractivity contribution < 1.29 is 4.79 Å². The molecule has 0 atom stereocenters. The van der Waals surface area contributed by atoms with Gasteiger partial charge in [0.15, 0.2) is 0 Å². The molecule has 0 radical (unpaired) electrons. The molecule has 3 rings (SSSR count). The fourth-order valence-electron chi connectivity index (χ4n) is 2.55. The third kappa shape index (κ3) is 2.95. The van der Waals surface area contributed by atoms with Crippen LogP contribution in [0.3, 0.4) is 0 Å². The first-order valence-electron chi connectivity index (χ1n) is 7.28. The lowest BCUT2D eigenvalue weighted by molar-refractivity contribution is -0.110. The van der Waals surface area contributed by atoms with Crippen LogP contribution < -0.4 is 5.32 Å². The first kappa shape index (κ1) is 15.3. The van der Waals surface area contributed by atoms with Crippen LogP contribution in [0.4, 0.5) is 5.69 Å². The van der Waals surface area contributed by atoms with Crippen LogP contribution in [-0.2, 0) is 10.2 Å². The minimum absolute atomic E-state index is 0.0307. The molecule has 1 amide bonds. The minimum atomic E-state index is -0.0307. The Morgan fingerprint density at radius 3 is 2.36 bits per heavy atom. The Kier molecular flexibility index (Phi) is 3.85. The first-order chi connectivity index (χ1) is 10.3. The van der Waals surface area contributed by atoms with Gasteiger partial charge >= 0.3 is 0 Å². The van der Waals surface area contributed by atoms with Gasteiger partial charge in [-0.25, -0.2) is 0 Å². The van der Waals surface area contributed by atoms with Gasteiger partial charge in [-0.1, -0.05) is 45.0 Å². The monoisotopic (exact) mass is 403 g/mol. The molecule has 0 saturated heterocycles. The Morgan fingerprint density at radius 2 is 1.73 bits per heavy atom. The second-order valence-electron chi connectivity index (χ2n) is 6.57. The molecule has 0 fully saturated rings. The number of anilines is 1. The predicted octanol–water partition coefficient (Wildman–Crippen LogP) is 5.08. The van der Waals surface area contributed by atoms with E-state index < -0.39 is 0 Å². The molecular weight excluding hydrogens is 385 g/mol. The van der Waals surface area contributed by atoms with Gasteiger partial charge in [-0.3, -0.25) is 4.79 Å². The molecule has 1 heterocycles. The zero-order chi connectivity index (χ0) is 15.9. The summed E-state index contributed by atoms with van der Waals surface area (Å²) in [6.07, 6.45) is 1.96. The highest BCUT2D eigenvalue weighted by Crippen LogP contribution is 2.34. The van der Waals surface area contributed by atoms with E-state index in [-0.39, 0.29) is 11.3 Å². The molecular formula is C19H18INO. The van der Waals surface area contributed by atoms with Crippen molar-refractivity contribution in [2.24, 2.45) is 0 Å². The number of amides is 1. The van der Waals surface area contributed by atoms with Gasteiger partial charge in [0.1, 0.15) is 0 Å². The van der Waals surface area contributed by atoms with Gasteiger partial charge < -0.3 is 5.32 Å². The van der Waals surface area contributed by atoms with Crippen molar-refractivity contribution in [3.8, 4) is 0 Å². The highest BCUT2D eigenvalue weighted by molar-refractivity contribution is 14.1. The van der Waals surface area contributed by atoms with Crippen LogP contribution in [0.1, 0.15) is 37.5 Å². The Labute approximate surface area is 144 Å². The van der Waals surface area contributed by atoms with Crippen LogP contribution in [0.25, 0.3) is 11.6 Å². The molecule has 2 aromatic carbocycles. The van der Waals surface area contributed by atoms with Crippen molar-refractivity contribution in [2.45, 2.75) is 26.2 Å². The smallest absolute Gasteiger partial charge is 0.256 e. The van der Waals surface area contributed by atoms with Gasteiger partial charge in [0.2, 0.25) is 0 Å². The Balaban J connectivity index is 1.99. The summed E-state index contributed by atoms with van der Waals surface area (Å²) in [5.74, 6) is -0.0307. The summed E-state index contributed by atoms with van der Waals surface area (Å²) < 4.78 is 1.13. The van der Waals surface area contributed by atoms with Crippen LogP contribution >= 0.6 is 22.6 Å². The third-order valence-corrected chi connectivity index (χ3v) is 4.52. The summed E-state index contributed by atoms with van der Waals surface area (Å²) in [4.78, 5) is 12.2. The molecule has 112 valence electrons. The number of carbonyl (C=O) groups excluding carboxylic acids is 1. The topological polar surface area (TPSA) is 29.1 Å². The summed E-state index contributed by atoms with van der Waals surface area (Å²) in [5.41, 5.74) is 5.08. The van der Waals surface area contributed by atoms with Gasteiger partial charge in [0.25, 0.3) is 5.91 Å². The number of fused-ring (bicyclic) bond motifs is 1. The first-order valence-corrected chi connectivity index (χ1v) is 8.36. The zero-order valence-corrected chi connectivity index (χ0v) is 15.1. The molecule has 0 unspecified atom stereocenters. The van der Waals surface area contributed by atoms with Gasteiger partial charge in [0, 0.05) is 20.4 Å². The quantitative estimate of drug-likeness (QED) is 0.522. The van der Waals surface area contributed by atoms with Gasteiger partial charge in [-0.05, 0) is 63.4 Å². The third-order valence-electron chi connectivity index (χ3n) is 3.85. The van der Waals surface area contributed by atoms with Crippen molar-refractivity contribution in [3.63, 3.8) is 0 Å². The van der Waals surface area contributed by atoms with E-state index in [1.807, 2.05) is 24.3 Å². The lowest BCUT2D eigenvalue weighted by Crippen LogP contribution is -2.10. The van der Waals surface area contributed by atoms with E-state index in [0.29, 0.717) is 0 Å². The minimum Gasteiger partial charge on any atom is -0.321 e. The average Bonchev–Trinajstić information content (AvgIpc) is 2.75. The summed E-state index contributed by atoms with van der Waals surface area (Å²) in [7, 11) is 0. The second kappa shape index (κ2) is 5.54. The van der Waals surface area contributed by atoms with E-state index >= 15 is 0 Å². The van der Waals surface area contributed by atoms with Crippen LogP contribution in [-0.4, -0.2) is 5.91 Å². The highest BCUT2D eigenvalue weighted by atomic mass is 127. The molecule has 0 aromatic heterocycles. The molecule has 0 saturated carbocycles. The fourth-order valence-corrected chi connectivity index (χ4v) is 3.04. The molecule has 0 bridgehead atoms. The van der Waals surface area contributed by atoms with Crippen LogP contribution in [0.5, 0.6) is 0 Å². The maximum atomic E-state index is 12.2. The number of halogens is 1. The number of nitrogens with one attached hydrogen (secondary N) is 1. The molecule has 1 N–H and O–H groups in total. The van der Waals surface area contributed by atoms with Gasteiger partial charge in [0.05, 0.1) is 0 Å². The number of carbonyl (C=O) groups is 1. The van der Waals surface area contributed by atoms with Crippen LogP contribution in [0, 0.1) is 3.57 Å². The molecule has 0 aliphatic carbocycles. The summed E-state index contributed by atoms with van der Waals surface area (Å²) in [6, 6.07) is 14.4. The van der Waals surface area contributed by atoms with E-state index in [9.17, 15) is 4.79 Å².